The van der Waals surface area contributed by atoms with Crippen molar-refractivity contribution in [2.24, 2.45) is 0 Å². The smallest absolute Gasteiger partial charge is 0.0406 e. The largest absolute Gasteiger partial charge is 0.298 e. The van der Waals surface area contributed by atoms with E-state index in [4.69, 9.17) is 11.6 Å². The highest BCUT2D eigenvalue weighted by Gasteiger charge is 1.97. The van der Waals surface area contributed by atoms with E-state index in [9.17, 15) is 0 Å². The van der Waals surface area contributed by atoms with Crippen LogP contribution < -0.4 is 0 Å². The molecule has 0 saturated carbocycles. The molecule has 0 atom stereocenters. The molecule has 0 aliphatic rings. The Balaban J connectivity index is 2.40. The van der Waals surface area contributed by atoms with E-state index in [0.717, 1.165) is 23.9 Å². The summed E-state index contributed by atoms with van der Waals surface area (Å²) in [4.78, 5) is 2.24. The zero-order chi connectivity index (χ0) is 11.1. The normalized spacial score (nSPS) is 11.5. The zero-order valence-corrected chi connectivity index (χ0v) is 10.5. The van der Waals surface area contributed by atoms with Gasteiger partial charge in [-0.2, -0.15) is 12.6 Å². The predicted octanol–water partition coefficient (Wildman–Crippen LogP) is 3.26. The third kappa shape index (κ3) is 5.26. The minimum atomic E-state index is 0.788. The average molecular weight is 242 g/mol. The molecule has 0 aliphatic carbocycles. The van der Waals surface area contributed by atoms with Crippen LogP contribution in [0.4, 0.5) is 0 Å². The maximum atomic E-state index is 5.82. The summed E-state index contributed by atoms with van der Waals surface area (Å²) in [5, 5.41) is 0.788. The summed E-state index contributed by atoms with van der Waals surface area (Å²) in [6, 6.07) is 7.96. The minimum Gasteiger partial charge on any atom is -0.298 e. The molecule has 0 N–H and O–H groups in total. The fourth-order valence-electron chi connectivity index (χ4n) is 1.30. The summed E-state index contributed by atoms with van der Waals surface area (Å²) in [6.07, 6.45) is 4.18. The lowest BCUT2D eigenvalue weighted by molar-refractivity contribution is 0.363. The lowest BCUT2D eigenvalue weighted by Crippen LogP contribution is -2.17. The molecular formula is C12H16ClNS. The van der Waals surface area contributed by atoms with E-state index in [1.54, 1.807) is 0 Å². The van der Waals surface area contributed by atoms with Crippen LogP contribution in [-0.4, -0.2) is 24.2 Å². The number of hydrogen-bond acceptors (Lipinski definition) is 2. The van der Waals surface area contributed by atoms with Crippen molar-refractivity contribution < 1.29 is 0 Å². The van der Waals surface area contributed by atoms with Crippen LogP contribution in [-0.2, 0) is 6.54 Å². The molecular weight excluding hydrogens is 226 g/mol. The Morgan fingerprint density at radius 1 is 1.27 bits per heavy atom. The zero-order valence-electron chi connectivity index (χ0n) is 8.86. The van der Waals surface area contributed by atoms with Gasteiger partial charge in [0.15, 0.2) is 0 Å². The van der Waals surface area contributed by atoms with Crippen molar-refractivity contribution in [2.75, 3.05) is 19.3 Å². The molecule has 0 fully saturated rings. The van der Waals surface area contributed by atoms with Crippen molar-refractivity contribution in [1.29, 1.82) is 0 Å². The number of nitrogens with zero attached hydrogens (tertiary/aromatic N) is 1. The molecule has 0 saturated heterocycles. The third-order valence-electron chi connectivity index (χ3n) is 2.05. The van der Waals surface area contributed by atoms with Gasteiger partial charge in [-0.1, -0.05) is 35.9 Å². The fraction of sp³-hybridized carbons (Fsp3) is 0.333. The number of halogens is 1. The molecule has 0 aliphatic heterocycles. The molecule has 0 heterocycles. The van der Waals surface area contributed by atoms with Crippen LogP contribution in [0.1, 0.15) is 5.56 Å². The van der Waals surface area contributed by atoms with Gasteiger partial charge in [-0.05, 0) is 24.7 Å². The molecule has 0 aromatic heterocycles. The lowest BCUT2D eigenvalue weighted by atomic mass is 10.2. The highest BCUT2D eigenvalue weighted by molar-refractivity contribution is 7.80. The first-order valence-corrected chi connectivity index (χ1v) is 5.92. The molecule has 0 radical (unpaired) electrons. The average Bonchev–Trinajstić information content (AvgIpc) is 2.22. The highest BCUT2D eigenvalue weighted by Crippen LogP contribution is 2.10. The van der Waals surface area contributed by atoms with Crippen molar-refractivity contribution in [3.8, 4) is 0 Å². The van der Waals surface area contributed by atoms with Crippen LogP contribution in [0.5, 0.6) is 0 Å². The number of benzene rings is 1. The van der Waals surface area contributed by atoms with Crippen molar-refractivity contribution in [3.63, 3.8) is 0 Å². The number of likely N-dealkylation sites (N-methyl/N-ethyl adjacent to an activating group) is 1. The molecule has 1 nitrogen and oxygen atoms in total. The van der Waals surface area contributed by atoms with Crippen LogP contribution in [0, 0.1) is 0 Å². The highest BCUT2D eigenvalue weighted by atomic mass is 35.5. The van der Waals surface area contributed by atoms with Gasteiger partial charge < -0.3 is 0 Å². The summed E-state index contributed by atoms with van der Waals surface area (Å²) in [6.45, 7) is 1.89. The predicted molar refractivity (Wildman–Crippen MR) is 70.8 cm³/mol. The van der Waals surface area contributed by atoms with Gasteiger partial charge in [-0.15, -0.1) is 0 Å². The van der Waals surface area contributed by atoms with Crippen molar-refractivity contribution >= 4 is 24.2 Å². The van der Waals surface area contributed by atoms with Crippen molar-refractivity contribution in [1.82, 2.24) is 4.90 Å². The third-order valence-corrected chi connectivity index (χ3v) is 2.52. The maximum Gasteiger partial charge on any atom is 0.0406 e. The molecule has 0 unspecified atom stereocenters. The second-order valence-corrected chi connectivity index (χ2v) is 4.28. The molecule has 0 spiro atoms. The van der Waals surface area contributed by atoms with Gasteiger partial charge in [0.25, 0.3) is 0 Å². The van der Waals surface area contributed by atoms with Gasteiger partial charge in [0.05, 0.1) is 0 Å². The Bertz CT molecular complexity index is 308. The van der Waals surface area contributed by atoms with E-state index in [2.05, 4.69) is 48.9 Å². The Kier molecular flexibility index (Phi) is 5.84. The molecule has 0 amide bonds. The molecule has 1 rings (SSSR count). The molecule has 1 aromatic carbocycles. The van der Waals surface area contributed by atoms with Gasteiger partial charge in [-0.25, -0.2) is 0 Å². The first-order chi connectivity index (χ1) is 7.22. The fourth-order valence-corrected chi connectivity index (χ4v) is 1.57. The summed E-state index contributed by atoms with van der Waals surface area (Å²) in [7, 11) is 2.09. The van der Waals surface area contributed by atoms with Gasteiger partial charge in [0.1, 0.15) is 0 Å². The van der Waals surface area contributed by atoms with Gasteiger partial charge >= 0.3 is 0 Å². The summed E-state index contributed by atoms with van der Waals surface area (Å²) < 4.78 is 0. The second-order valence-electron chi connectivity index (χ2n) is 3.48. The molecule has 15 heavy (non-hydrogen) atoms. The van der Waals surface area contributed by atoms with Crippen molar-refractivity contribution in [2.45, 2.75) is 6.54 Å². The minimum absolute atomic E-state index is 0.788. The standard InChI is InChI=1S/C12H16ClNS/c1-14(8-2-3-9-15)10-11-4-6-12(13)7-5-11/h2-7,15H,8-10H2,1H3. The topological polar surface area (TPSA) is 3.24 Å². The van der Waals surface area contributed by atoms with Gasteiger partial charge in [-0.3, -0.25) is 4.90 Å². The van der Waals surface area contributed by atoms with Crippen molar-refractivity contribution in [3.05, 3.63) is 47.0 Å². The number of thiol groups is 1. The van der Waals surface area contributed by atoms with Crippen LogP contribution >= 0.6 is 24.2 Å². The molecule has 0 bridgehead atoms. The molecule has 1 aromatic rings. The number of rotatable bonds is 5. The Hall–Kier alpha value is -0.440. The maximum absolute atomic E-state index is 5.82. The van der Waals surface area contributed by atoms with E-state index in [1.165, 1.54) is 5.56 Å². The van der Waals surface area contributed by atoms with Crippen LogP contribution in [0.25, 0.3) is 0 Å². The van der Waals surface area contributed by atoms with E-state index in [1.807, 2.05) is 12.1 Å². The lowest BCUT2D eigenvalue weighted by Gasteiger charge is -2.14. The van der Waals surface area contributed by atoms with Crippen LogP contribution in [0.2, 0.25) is 5.02 Å². The quantitative estimate of drug-likeness (QED) is 0.612. The Morgan fingerprint density at radius 3 is 2.53 bits per heavy atom. The van der Waals surface area contributed by atoms with E-state index >= 15 is 0 Å². The van der Waals surface area contributed by atoms with Gasteiger partial charge in [0.2, 0.25) is 0 Å². The Morgan fingerprint density at radius 2 is 1.93 bits per heavy atom. The van der Waals surface area contributed by atoms with E-state index in [0.29, 0.717) is 0 Å². The van der Waals surface area contributed by atoms with Gasteiger partial charge in [0, 0.05) is 23.9 Å². The van der Waals surface area contributed by atoms with Crippen LogP contribution in [0.15, 0.2) is 36.4 Å². The summed E-state index contributed by atoms with van der Waals surface area (Å²) >= 11 is 9.93. The summed E-state index contributed by atoms with van der Waals surface area (Å²) in [5.41, 5.74) is 1.28. The second kappa shape index (κ2) is 6.94. The van der Waals surface area contributed by atoms with Crippen LogP contribution in [0.3, 0.4) is 0 Å². The summed E-state index contributed by atoms with van der Waals surface area (Å²) in [5.74, 6) is 0.800. The first kappa shape index (κ1) is 12.6. The number of hydrogen-bond donors (Lipinski definition) is 1. The monoisotopic (exact) mass is 241 g/mol. The first-order valence-electron chi connectivity index (χ1n) is 4.91. The van der Waals surface area contributed by atoms with E-state index in [-0.39, 0.29) is 0 Å². The molecule has 82 valence electrons. The van der Waals surface area contributed by atoms with E-state index < -0.39 is 0 Å². The molecule has 3 heteroatoms. The SMILES string of the molecule is CN(CC=CCS)Cc1ccc(Cl)cc1. The Labute approximate surface area is 102 Å².